The molecule has 2 aliphatic rings. The van der Waals surface area contributed by atoms with Crippen molar-refractivity contribution in [2.24, 2.45) is 0 Å². The van der Waals surface area contributed by atoms with Crippen molar-refractivity contribution in [2.75, 3.05) is 13.1 Å². The second kappa shape index (κ2) is 9.49. The number of rotatable bonds is 6. The van der Waals surface area contributed by atoms with Gasteiger partial charge in [-0.05, 0) is 68.6 Å². The lowest BCUT2D eigenvalue weighted by molar-refractivity contribution is -0.0136. The van der Waals surface area contributed by atoms with E-state index in [1.54, 1.807) is 5.57 Å². The van der Waals surface area contributed by atoms with E-state index >= 15 is 0 Å². The van der Waals surface area contributed by atoms with Gasteiger partial charge in [0.05, 0.1) is 11.6 Å². The van der Waals surface area contributed by atoms with Crippen LogP contribution in [0.1, 0.15) is 82.4 Å². The fraction of sp³-hybridized carbons (Fsp3) is 0.577. The molecular formula is C26H37N3O. The lowest BCUT2D eigenvalue weighted by atomic mass is 9.77. The molecular weight excluding hydrogens is 370 g/mol. The lowest BCUT2D eigenvalue weighted by Gasteiger charge is -2.36. The van der Waals surface area contributed by atoms with Crippen LogP contribution >= 0.6 is 0 Å². The van der Waals surface area contributed by atoms with Gasteiger partial charge in [-0.3, -0.25) is 9.58 Å². The SMILES string of the molecule is CCC(CC)N1CCC(=Cc2ccc(C3(O)CCC(n4cccn4)CC3)cc2)CC1. The van der Waals surface area contributed by atoms with Crippen LogP contribution in [0.3, 0.4) is 0 Å². The molecule has 0 atom stereocenters. The predicted molar refractivity (Wildman–Crippen MR) is 123 cm³/mol. The topological polar surface area (TPSA) is 41.3 Å². The molecule has 1 saturated heterocycles. The highest BCUT2D eigenvalue weighted by atomic mass is 16.3. The van der Waals surface area contributed by atoms with Gasteiger partial charge >= 0.3 is 0 Å². The lowest BCUT2D eigenvalue weighted by Crippen LogP contribution is -2.39. The number of benzene rings is 1. The monoisotopic (exact) mass is 407 g/mol. The number of hydrogen-bond acceptors (Lipinski definition) is 3. The highest BCUT2D eigenvalue weighted by molar-refractivity contribution is 5.54. The van der Waals surface area contributed by atoms with Crippen molar-refractivity contribution in [1.82, 2.24) is 14.7 Å². The Bertz CT molecular complexity index is 802. The molecule has 1 aromatic heterocycles. The summed E-state index contributed by atoms with van der Waals surface area (Å²) in [5.74, 6) is 0. The van der Waals surface area contributed by atoms with Crippen LogP contribution in [0.4, 0.5) is 0 Å². The molecule has 2 fully saturated rings. The first-order valence-electron chi connectivity index (χ1n) is 11.9. The Kier molecular flexibility index (Phi) is 6.74. The van der Waals surface area contributed by atoms with Gasteiger partial charge in [-0.1, -0.05) is 49.8 Å². The second-order valence-electron chi connectivity index (χ2n) is 9.18. The maximum absolute atomic E-state index is 11.2. The summed E-state index contributed by atoms with van der Waals surface area (Å²) in [6, 6.07) is 11.8. The first-order chi connectivity index (χ1) is 14.6. The third-order valence-corrected chi connectivity index (χ3v) is 7.40. The van der Waals surface area contributed by atoms with E-state index in [4.69, 9.17) is 0 Å². The third-order valence-electron chi connectivity index (χ3n) is 7.40. The van der Waals surface area contributed by atoms with Crippen LogP contribution in [0.25, 0.3) is 6.08 Å². The summed E-state index contributed by atoms with van der Waals surface area (Å²) in [4.78, 5) is 2.66. The minimum Gasteiger partial charge on any atom is -0.385 e. The molecule has 4 rings (SSSR count). The quantitative estimate of drug-likeness (QED) is 0.682. The molecule has 1 saturated carbocycles. The minimum absolute atomic E-state index is 0.412. The highest BCUT2D eigenvalue weighted by Crippen LogP contribution is 2.41. The van der Waals surface area contributed by atoms with Crippen molar-refractivity contribution >= 4 is 6.08 Å². The van der Waals surface area contributed by atoms with E-state index in [9.17, 15) is 5.11 Å². The van der Waals surface area contributed by atoms with Gasteiger partial charge in [0.2, 0.25) is 0 Å². The summed E-state index contributed by atoms with van der Waals surface area (Å²) < 4.78 is 2.05. The molecule has 162 valence electrons. The Morgan fingerprint density at radius 1 is 1.10 bits per heavy atom. The van der Waals surface area contributed by atoms with Crippen LogP contribution in [0.2, 0.25) is 0 Å². The fourth-order valence-corrected chi connectivity index (χ4v) is 5.38. The summed E-state index contributed by atoms with van der Waals surface area (Å²) in [5, 5.41) is 15.6. The molecule has 1 N–H and O–H groups in total. The Morgan fingerprint density at radius 2 is 1.77 bits per heavy atom. The van der Waals surface area contributed by atoms with Crippen LogP contribution in [0, 0.1) is 0 Å². The fourth-order valence-electron chi connectivity index (χ4n) is 5.38. The van der Waals surface area contributed by atoms with E-state index in [2.05, 4.69) is 54.2 Å². The van der Waals surface area contributed by atoms with Crippen LogP contribution in [-0.2, 0) is 5.60 Å². The van der Waals surface area contributed by atoms with E-state index in [-0.39, 0.29) is 0 Å². The van der Waals surface area contributed by atoms with E-state index in [0.717, 1.165) is 37.3 Å². The van der Waals surface area contributed by atoms with Crippen LogP contribution < -0.4 is 0 Å². The molecule has 0 unspecified atom stereocenters. The molecule has 0 spiro atoms. The van der Waals surface area contributed by atoms with Crippen LogP contribution in [-0.4, -0.2) is 38.9 Å². The first-order valence-corrected chi connectivity index (χ1v) is 11.9. The molecule has 0 radical (unpaired) electrons. The molecule has 1 aromatic carbocycles. The molecule has 1 aliphatic carbocycles. The smallest absolute Gasteiger partial charge is 0.0898 e. The van der Waals surface area contributed by atoms with Crippen molar-refractivity contribution < 1.29 is 5.11 Å². The predicted octanol–water partition coefficient (Wildman–Crippen LogP) is 5.55. The summed E-state index contributed by atoms with van der Waals surface area (Å²) in [6.45, 7) is 6.98. The molecule has 30 heavy (non-hydrogen) atoms. The maximum Gasteiger partial charge on any atom is 0.0898 e. The Hall–Kier alpha value is -1.91. The molecule has 0 bridgehead atoms. The van der Waals surface area contributed by atoms with Crippen molar-refractivity contribution in [2.45, 2.75) is 82.9 Å². The molecule has 1 aliphatic heterocycles. The zero-order valence-electron chi connectivity index (χ0n) is 18.6. The van der Waals surface area contributed by atoms with Gasteiger partial charge in [0.1, 0.15) is 0 Å². The normalized spacial score (nSPS) is 25.6. The Balaban J connectivity index is 1.35. The highest BCUT2D eigenvalue weighted by Gasteiger charge is 2.35. The van der Waals surface area contributed by atoms with Gasteiger partial charge in [-0.15, -0.1) is 0 Å². The largest absolute Gasteiger partial charge is 0.385 e. The number of nitrogens with zero attached hydrogens (tertiary/aromatic N) is 3. The van der Waals surface area contributed by atoms with Gasteiger partial charge in [-0.25, -0.2) is 0 Å². The zero-order chi connectivity index (χ0) is 21.0. The van der Waals surface area contributed by atoms with Crippen molar-refractivity contribution in [1.29, 1.82) is 0 Å². The van der Waals surface area contributed by atoms with Gasteiger partial charge in [0, 0.05) is 31.5 Å². The number of piperidine rings is 1. The molecule has 2 aromatic rings. The number of hydrogen-bond donors (Lipinski definition) is 1. The summed E-state index contributed by atoms with van der Waals surface area (Å²) in [6.07, 6.45) is 14.6. The van der Waals surface area contributed by atoms with Crippen LogP contribution in [0.5, 0.6) is 0 Å². The second-order valence-corrected chi connectivity index (χ2v) is 9.18. The zero-order valence-corrected chi connectivity index (χ0v) is 18.6. The molecule has 2 heterocycles. The molecule has 4 heteroatoms. The third kappa shape index (κ3) is 4.70. The van der Waals surface area contributed by atoms with Gasteiger partial charge < -0.3 is 5.11 Å². The van der Waals surface area contributed by atoms with Crippen molar-refractivity contribution in [3.8, 4) is 0 Å². The summed E-state index contributed by atoms with van der Waals surface area (Å²) in [7, 11) is 0. The minimum atomic E-state index is -0.698. The Labute approximate surface area is 181 Å². The summed E-state index contributed by atoms with van der Waals surface area (Å²) in [5.41, 5.74) is 3.18. The number of aromatic nitrogens is 2. The van der Waals surface area contributed by atoms with E-state index in [0.29, 0.717) is 6.04 Å². The molecule has 0 amide bonds. The van der Waals surface area contributed by atoms with Gasteiger partial charge in [0.25, 0.3) is 0 Å². The molecule has 4 nitrogen and oxygen atoms in total. The van der Waals surface area contributed by atoms with Crippen molar-refractivity contribution in [3.05, 3.63) is 59.4 Å². The first kappa shape index (κ1) is 21.3. The summed E-state index contributed by atoms with van der Waals surface area (Å²) >= 11 is 0. The standard InChI is InChI=1S/C26H37N3O/c1-3-24(4-2)28-18-12-22(13-19-28)20-21-6-8-23(9-7-21)26(30)14-10-25(11-15-26)29-17-5-16-27-29/h5-9,16-17,20,24-25,30H,3-4,10-15,18-19H2,1-2H3. The van der Waals surface area contributed by atoms with E-state index in [1.165, 1.54) is 44.3 Å². The van der Waals surface area contributed by atoms with Gasteiger partial charge in [0.15, 0.2) is 0 Å². The van der Waals surface area contributed by atoms with E-state index in [1.807, 2.05) is 23.1 Å². The Morgan fingerprint density at radius 3 is 2.33 bits per heavy atom. The van der Waals surface area contributed by atoms with E-state index < -0.39 is 5.60 Å². The van der Waals surface area contributed by atoms with Crippen molar-refractivity contribution in [3.63, 3.8) is 0 Å². The average molecular weight is 408 g/mol. The number of aliphatic hydroxyl groups is 1. The van der Waals surface area contributed by atoms with Crippen LogP contribution in [0.15, 0.2) is 48.3 Å². The average Bonchev–Trinajstić information content (AvgIpc) is 3.32. The van der Waals surface area contributed by atoms with Gasteiger partial charge in [-0.2, -0.15) is 5.10 Å². The maximum atomic E-state index is 11.2. The number of likely N-dealkylation sites (tertiary alicyclic amines) is 1.